The number of hydrogen-bond acceptors (Lipinski definition) is 3. The zero-order chi connectivity index (χ0) is 13.8. The summed E-state index contributed by atoms with van der Waals surface area (Å²) in [7, 11) is 0. The van der Waals surface area contributed by atoms with Gasteiger partial charge in [0.1, 0.15) is 0 Å². The van der Waals surface area contributed by atoms with Crippen LogP contribution in [0.4, 0.5) is 5.69 Å². The highest BCUT2D eigenvalue weighted by atomic mass is 79.9. The Bertz CT molecular complexity index is 453. The van der Waals surface area contributed by atoms with Crippen molar-refractivity contribution in [1.82, 2.24) is 5.32 Å². The van der Waals surface area contributed by atoms with Crippen molar-refractivity contribution in [3.8, 4) is 0 Å². The molecule has 0 aromatic heterocycles. The maximum absolute atomic E-state index is 12.0. The van der Waals surface area contributed by atoms with E-state index in [-0.39, 0.29) is 12.0 Å². The summed E-state index contributed by atoms with van der Waals surface area (Å²) in [6.07, 6.45) is 0.295. The minimum absolute atomic E-state index is 0.0539. The summed E-state index contributed by atoms with van der Waals surface area (Å²) in [4.78, 5) is 12.0. The molecule has 2 rings (SSSR count). The fourth-order valence-electron chi connectivity index (χ4n) is 1.81. The van der Waals surface area contributed by atoms with Crippen LogP contribution < -0.4 is 10.6 Å². The zero-order valence-electron chi connectivity index (χ0n) is 10.0. The normalized spacial score (nSPS) is 19.2. The standard InChI is InChI=1S/C12H13Br3N2O2/c13-7-3-9(14)12(10(15)4-7)17-11(18)5-8-6-16-1-2-19-8/h3-4,8,16H,1-2,5-6H2,(H,17,18). The lowest BCUT2D eigenvalue weighted by Gasteiger charge is -2.23. The second-order valence-corrected chi connectivity index (χ2v) is 6.82. The topological polar surface area (TPSA) is 50.4 Å². The van der Waals surface area contributed by atoms with Crippen LogP contribution in [0.3, 0.4) is 0 Å². The lowest BCUT2D eigenvalue weighted by atomic mass is 10.2. The summed E-state index contributed by atoms with van der Waals surface area (Å²) in [5, 5.41) is 6.10. The summed E-state index contributed by atoms with van der Waals surface area (Å²) in [6, 6.07) is 3.78. The van der Waals surface area contributed by atoms with E-state index in [0.29, 0.717) is 13.0 Å². The van der Waals surface area contributed by atoms with E-state index >= 15 is 0 Å². The van der Waals surface area contributed by atoms with Gasteiger partial charge in [0.05, 0.1) is 24.8 Å². The summed E-state index contributed by atoms with van der Waals surface area (Å²) in [5.41, 5.74) is 0.733. The number of carbonyl (C=O) groups excluding carboxylic acids is 1. The molecule has 2 N–H and O–H groups in total. The Morgan fingerprint density at radius 3 is 2.63 bits per heavy atom. The van der Waals surface area contributed by atoms with Crippen molar-refractivity contribution in [2.24, 2.45) is 0 Å². The van der Waals surface area contributed by atoms with E-state index in [1.807, 2.05) is 12.1 Å². The van der Waals surface area contributed by atoms with Crippen LogP contribution >= 0.6 is 47.8 Å². The van der Waals surface area contributed by atoms with Gasteiger partial charge in [0.25, 0.3) is 0 Å². The van der Waals surface area contributed by atoms with Crippen LogP contribution in [0.25, 0.3) is 0 Å². The molecule has 1 atom stereocenters. The van der Waals surface area contributed by atoms with Gasteiger partial charge in [0, 0.05) is 26.5 Å². The molecule has 1 unspecified atom stereocenters. The maximum atomic E-state index is 12.0. The molecule has 1 aromatic rings. The molecule has 4 nitrogen and oxygen atoms in total. The molecule has 1 saturated heterocycles. The Morgan fingerprint density at radius 2 is 2.05 bits per heavy atom. The first-order valence-electron chi connectivity index (χ1n) is 5.83. The zero-order valence-corrected chi connectivity index (χ0v) is 14.8. The Labute approximate surface area is 137 Å². The number of carbonyl (C=O) groups is 1. The molecular weight excluding hydrogens is 444 g/mol. The second kappa shape index (κ2) is 7.17. The Kier molecular flexibility index (Phi) is 5.83. The van der Waals surface area contributed by atoms with Crippen LogP contribution in [0, 0.1) is 0 Å². The minimum Gasteiger partial charge on any atom is -0.375 e. The van der Waals surface area contributed by atoms with Crippen LogP contribution in [-0.4, -0.2) is 31.7 Å². The van der Waals surface area contributed by atoms with Crippen molar-refractivity contribution >= 4 is 59.4 Å². The third-order valence-corrected chi connectivity index (χ3v) is 4.40. The highest BCUT2D eigenvalue weighted by Crippen LogP contribution is 2.34. The number of hydrogen-bond donors (Lipinski definition) is 2. The molecule has 19 heavy (non-hydrogen) atoms. The van der Waals surface area contributed by atoms with Gasteiger partial charge in [-0.3, -0.25) is 4.79 Å². The third-order valence-electron chi connectivity index (χ3n) is 2.69. The molecule has 1 amide bonds. The molecule has 1 fully saturated rings. The molecule has 0 bridgehead atoms. The number of morpholine rings is 1. The minimum atomic E-state index is -0.0579. The number of rotatable bonds is 3. The van der Waals surface area contributed by atoms with Gasteiger partial charge in [-0.2, -0.15) is 0 Å². The SMILES string of the molecule is O=C(CC1CNCCO1)Nc1c(Br)cc(Br)cc1Br. The van der Waals surface area contributed by atoms with E-state index in [1.165, 1.54) is 0 Å². The Morgan fingerprint density at radius 1 is 1.37 bits per heavy atom. The molecule has 0 spiro atoms. The number of anilines is 1. The van der Waals surface area contributed by atoms with Gasteiger partial charge in [-0.15, -0.1) is 0 Å². The van der Waals surface area contributed by atoms with Crippen molar-refractivity contribution in [1.29, 1.82) is 0 Å². The van der Waals surface area contributed by atoms with Gasteiger partial charge in [-0.05, 0) is 44.0 Å². The van der Waals surface area contributed by atoms with E-state index in [4.69, 9.17) is 4.74 Å². The molecule has 1 aliphatic heterocycles. The average Bonchev–Trinajstić information content (AvgIpc) is 2.35. The number of amides is 1. The third kappa shape index (κ3) is 4.53. The predicted molar refractivity (Wildman–Crippen MR) is 85.4 cm³/mol. The first kappa shape index (κ1) is 15.4. The van der Waals surface area contributed by atoms with Crippen molar-refractivity contribution in [3.63, 3.8) is 0 Å². The molecule has 0 saturated carbocycles. The van der Waals surface area contributed by atoms with Crippen LogP contribution in [0.2, 0.25) is 0 Å². The van der Waals surface area contributed by atoms with Gasteiger partial charge in [0.2, 0.25) is 5.91 Å². The quantitative estimate of drug-likeness (QED) is 0.733. The Balaban J connectivity index is 1.98. The van der Waals surface area contributed by atoms with E-state index in [2.05, 4.69) is 58.4 Å². The molecule has 104 valence electrons. The average molecular weight is 457 g/mol. The number of benzene rings is 1. The summed E-state index contributed by atoms with van der Waals surface area (Å²) < 4.78 is 8.09. The second-order valence-electron chi connectivity index (χ2n) is 4.19. The largest absolute Gasteiger partial charge is 0.375 e. The van der Waals surface area contributed by atoms with Gasteiger partial charge in [0.15, 0.2) is 0 Å². The molecule has 0 radical (unpaired) electrons. The van der Waals surface area contributed by atoms with Crippen LogP contribution in [0.1, 0.15) is 6.42 Å². The number of nitrogens with one attached hydrogen (secondary N) is 2. The number of halogens is 3. The molecule has 0 aliphatic carbocycles. The van der Waals surface area contributed by atoms with Crippen LogP contribution in [0.15, 0.2) is 25.6 Å². The van der Waals surface area contributed by atoms with Crippen molar-refractivity contribution in [2.75, 3.05) is 25.0 Å². The first-order valence-corrected chi connectivity index (χ1v) is 8.21. The fourth-order valence-corrected chi connectivity index (χ4v) is 4.27. The maximum Gasteiger partial charge on any atom is 0.227 e. The molecule has 1 aromatic carbocycles. The van der Waals surface area contributed by atoms with E-state index in [0.717, 1.165) is 32.2 Å². The van der Waals surface area contributed by atoms with Gasteiger partial charge < -0.3 is 15.4 Å². The lowest BCUT2D eigenvalue weighted by Crippen LogP contribution is -2.40. The first-order chi connectivity index (χ1) is 9.06. The van der Waals surface area contributed by atoms with Crippen LogP contribution in [-0.2, 0) is 9.53 Å². The van der Waals surface area contributed by atoms with Crippen molar-refractivity contribution < 1.29 is 9.53 Å². The molecule has 1 aliphatic rings. The highest BCUT2D eigenvalue weighted by molar-refractivity contribution is 9.11. The monoisotopic (exact) mass is 454 g/mol. The Hall–Kier alpha value is 0.0500. The molecule has 1 heterocycles. The summed E-state index contributed by atoms with van der Waals surface area (Å²) >= 11 is 10.3. The molecular formula is C12H13Br3N2O2. The summed E-state index contributed by atoms with van der Waals surface area (Å²) in [6.45, 7) is 2.22. The molecule has 7 heteroatoms. The highest BCUT2D eigenvalue weighted by Gasteiger charge is 2.18. The summed E-state index contributed by atoms with van der Waals surface area (Å²) in [5.74, 6) is -0.0579. The number of ether oxygens (including phenoxy) is 1. The van der Waals surface area contributed by atoms with Gasteiger partial charge in [-0.1, -0.05) is 15.9 Å². The van der Waals surface area contributed by atoms with E-state index < -0.39 is 0 Å². The van der Waals surface area contributed by atoms with Gasteiger partial charge >= 0.3 is 0 Å². The van der Waals surface area contributed by atoms with Gasteiger partial charge in [-0.25, -0.2) is 0 Å². The fraction of sp³-hybridized carbons (Fsp3) is 0.417. The smallest absolute Gasteiger partial charge is 0.227 e. The van der Waals surface area contributed by atoms with Crippen LogP contribution in [0.5, 0.6) is 0 Å². The van der Waals surface area contributed by atoms with Crippen molar-refractivity contribution in [3.05, 3.63) is 25.6 Å². The van der Waals surface area contributed by atoms with E-state index in [9.17, 15) is 4.79 Å². The van der Waals surface area contributed by atoms with E-state index in [1.54, 1.807) is 0 Å². The lowest BCUT2D eigenvalue weighted by molar-refractivity contribution is -0.119. The predicted octanol–water partition coefficient (Wildman–Crippen LogP) is 3.29. The van der Waals surface area contributed by atoms with Crippen molar-refractivity contribution in [2.45, 2.75) is 12.5 Å².